The van der Waals surface area contributed by atoms with E-state index in [9.17, 15) is 0 Å². The number of fused-ring (bicyclic) bond motifs is 4. The normalized spacial score (nSPS) is 14.2. The standard InChI is InChI=1S/C30H26N4O2S/c1-3-35-25-17-16-21-8-4-5-9-22(21)26(25)28-31-24-11-7-6-10-23(24)27-29(36-28)32-30(34-33-27)37-18-20-14-12-19(2)13-15-20/h4-17,28,31H,3,18H2,1-2H3/t28-/m0/s1. The zero-order chi connectivity index (χ0) is 25.2. The van der Waals surface area contributed by atoms with Gasteiger partial charge >= 0.3 is 0 Å². The molecule has 6 nitrogen and oxygen atoms in total. The van der Waals surface area contributed by atoms with Crippen LogP contribution in [-0.4, -0.2) is 21.8 Å². The van der Waals surface area contributed by atoms with Crippen LogP contribution in [0.4, 0.5) is 5.69 Å². The number of hydrogen-bond acceptors (Lipinski definition) is 7. The number of thioether (sulfide) groups is 1. The summed E-state index contributed by atoms with van der Waals surface area (Å²) in [6, 6.07) is 28.8. The van der Waals surface area contributed by atoms with Crippen LogP contribution in [0.1, 0.15) is 29.8 Å². The number of ether oxygens (including phenoxy) is 2. The second kappa shape index (κ2) is 10.1. The van der Waals surface area contributed by atoms with Crippen molar-refractivity contribution in [3.05, 3.63) is 102 Å². The first-order chi connectivity index (χ1) is 18.2. The van der Waals surface area contributed by atoms with Gasteiger partial charge in [0.15, 0.2) is 5.69 Å². The van der Waals surface area contributed by atoms with Gasteiger partial charge in [0, 0.05) is 17.0 Å². The summed E-state index contributed by atoms with van der Waals surface area (Å²) in [5.74, 6) is 1.96. The summed E-state index contributed by atoms with van der Waals surface area (Å²) in [6.45, 7) is 4.62. The van der Waals surface area contributed by atoms with Gasteiger partial charge in [0.2, 0.25) is 17.3 Å². The minimum Gasteiger partial charge on any atom is -0.493 e. The van der Waals surface area contributed by atoms with Crippen molar-refractivity contribution in [2.75, 3.05) is 11.9 Å². The van der Waals surface area contributed by atoms with Crippen molar-refractivity contribution in [1.29, 1.82) is 0 Å². The van der Waals surface area contributed by atoms with Crippen LogP contribution in [-0.2, 0) is 5.75 Å². The molecule has 4 aromatic carbocycles. The molecule has 184 valence electrons. The maximum absolute atomic E-state index is 6.61. The first kappa shape index (κ1) is 23.3. The molecule has 0 saturated heterocycles. The summed E-state index contributed by atoms with van der Waals surface area (Å²) in [7, 11) is 0. The van der Waals surface area contributed by atoms with Crippen LogP contribution < -0.4 is 14.8 Å². The number of aryl methyl sites for hydroxylation is 1. The van der Waals surface area contributed by atoms with E-state index in [-0.39, 0.29) is 0 Å². The third kappa shape index (κ3) is 4.70. The quantitative estimate of drug-likeness (QED) is 0.244. The van der Waals surface area contributed by atoms with Gasteiger partial charge in [0.05, 0.1) is 12.2 Å². The molecule has 1 aromatic heterocycles. The number of nitrogens with one attached hydrogen (secondary N) is 1. The molecule has 0 unspecified atom stereocenters. The monoisotopic (exact) mass is 506 g/mol. The van der Waals surface area contributed by atoms with Crippen molar-refractivity contribution in [1.82, 2.24) is 15.2 Å². The van der Waals surface area contributed by atoms with Crippen LogP contribution in [0.5, 0.6) is 11.6 Å². The van der Waals surface area contributed by atoms with Crippen LogP contribution in [0.3, 0.4) is 0 Å². The maximum atomic E-state index is 6.61. The van der Waals surface area contributed by atoms with Crippen molar-refractivity contribution < 1.29 is 9.47 Å². The van der Waals surface area contributed by atoms with Gasteiger partial charge in [-0.25, -0.2) is 0 Å². The SMILES string of the molecule is CCOc1ccc2ccccc2c1[C@H]1Nc2ccccc2-c2nnc(SCc3ccc(C)cc3)nc2O1. The van der Waals surface area contributed by atoms with Gasteiger partial charge in [-0.2, -0.15) is 4.98 Å². The topological polar surface area (TPSA) is 69.2 Å². The maximum Gasteiger partial charge on any atom is 0.247 e. The third-order valence-electron chi connectivity index (χ3n) is 6.31. The van der Waals surface area contributed by atoms with E-state index in [4.69, 9.17) is 14.5 Å². The largest absolute Gasteiger partial charge is 0.493 e. The van der Waals surface area contributed by atoms with E-state index in [1.165, 1.54) is 11.1 Å². The minimum atomic E-state index is -0.540. The first-order valence-electron chi connectivity index (χ1n) is 12.3. The zero-order valence-electron chi connectivity index (χ0n) is 20.6. The van der Waals surface area contributed by atoms with E-state index < -0.39 is 6.23 Å². The van der Waals surface area contributed by atoms with Crippen LogP contribution in [0.25, 0.3) is 22.0 Å². The second-order valence-electron chi connectivity index (χ2n) is 8.84. The number of anilines is 1. The molecule has 1 N–H and O–H groups in total. The predicted octanol–water partition coefficient (Wildman–Crippen LogP) is 7.19. The molecule has 6 rings (SSSR count). The molecule has 0 radical (unpaired) electrons. The number of aromatic nitrogens is 3. The Labute approximate surface area is 220 Å². The molecule has 0 spiro atoms. The fourth-order valence-corrected chi connectivity index (χ4v) is 5.23. The Balaban J connectivity index is 1.42. The molecule has 0 aliphatic carbocycles. The molecule has 5 aromatic rings. The van der Waals surface area contributed by atoms with Crippen LogP contribution >= 0.6 is 11.8 Å². The van der Waals surface area contributed by atoms with E-state index in [1.54, 1.807) is 11.8 Å². The molecule has 0 fully saturated rings. The summed E-state index contributed by atoms with van der Waals surface area (Å²) in [5, 5.41) is 15.3. The lowest BCUT2D eigenvalue weighted by Gasteiger charge is -2.23. The minimum absolute atomic E-state index is 0.444. The van der Waals surface area contributed by atoms with E-state index >= 15 is 0 Å². The van der Waals surface area contributed by atoms with E-state index in [0.717, 1.165) is 39.1 Å². The number of nitrogens with zero attached hydrogens (tertiary/aromatic N) is 3. The van der Waals surface area contributed by atoms with E-state index in [2.05, 4.69) is 64.9 Å². The van der Waals surface area contributed by atoms with E-state index in [1.807, 2.05) is 49.4 Å². The Kier molecular flexibility index (Phi) is 6.37. The van der Waals surface area contributed by atoms with Gasteiger partial charge in [0.25, 0.3) is 0 Å². The number of rotatable bonds is 6. The third-order valence-corrected chi connectivity index (χ3v) is 7.22. The Morgan fingerprint density at radius 2 is 1.73 bits per heavy atom. The number of para-hydroxylation sites is 1. The predicted molar refractivity (Wildman–Crippen MR) is 148 cm³/mol. The van der Waals surface area contributed by atoms with Crippen molar-refractivity contribution >= 4 is 28.2 Å². The average Bonchev–Trinajstić information content (AvgIpc) is 3.09. The van der Waals surface area contributed by atoms with Gasteiger partial charge < -0.3 is 14.8 Å². The lowest BCUT2D eigenvalue weighted by Crippen LogP contribution is -2.19. The molecule has 1 aliphatic heterocycles. The van der Waals surface area contributed by atoms with Gasteiger partial charge in [-0.05, 0) is 42.3 Å². The highest BCUT2D eigenvalue weighted by atomic mass is 32.2. The molecule has 0 amide bonds. The van der Waals surface area contributed by atoms with Crippen molar-refractivity contribution in [3.8, 4) is 22.9 Å². The second-order valence-corrected chi connectivity index (χ2v) is 9.78. The summed E-state index contributed by atoms with van der Waals surface area (Å²) in [6.07, 6.45) is -0.540. The zero-order valence-corrected chi connectivity index (χ0v) is 21.5. The first-order valence-corrected chi connectivity index (χ1v) is 13.3. The summed E-state index contributed by atoms with van der Waals surface area (Å²) in [5.41, 5.74) is 5.78. The van der Waals surface area contributed by atoms with Crippen molar-refractivity contribution in [2.24, 2.45) is 0 Å². The van der Waals surface area contributed by atoms with Crippen LogP contribution in [0.15, 0.2) is 90.1 Å². The van der Waals surface area contributed by atoms with Crippen molar-refractivity contribution in [3.63, 3.8) is 0 Å². The molecule has 1 aliphatic rings. The Morgan fingerprint density at radius 3 is 2.59 bits per heavy atom. The molecule has 37 heavy (non-hydrogen) atoms. The lowest BCUT2D eigenvalue weighted by atomic mass is 10.0. The Hall–Kier alpha value is -4.10. The Morgan fingerprint density at radius 1 is 0.919 bits per heavy atom. The summed E-state index contributed by atoms with van der Waals surface area (Å²) >= 11 is 1.54. The fourth-order valence-electron chi connectivity index (χ4n) is 4.50. The molecular formula is C30H26N4O2S. The lowest BCUT2D eigenvalue weighted by molar-refractivity contribution is 0.218. The highest BCUT2D eigenvalue weighted by Crippen LogP contribution is 2.43. The van der Waals surface area contributed by atoms with Gasteiger partial charge in [0.1, 0.15) is 5.75 Å². The highest BCUT2D eigenvalue weighted by molar-refractivity contribution is 7.98. The molecule has 0 bridgehead atoms. The van der Waals surface area contributed by atoms with Gasteiger partial charge in [-0.3, -0.25) is 0 Å². The fraction of sp³-hybridized carbons (Fsp3) is 0.167. The van der Waals surface area contributed by atoms with Crippen LogP contribution in [0, 0.1) is 6.92 Å². The average molecular weight is 507 g/mol. The highest BCUT2D eigenvalue weighted by Gasteiger charge is 2.29. The molecule has 2 heterocycles. The molecule has 7 heteroatoms. The number of hydrogen-bond donors (Lipinski definition) is 1. The Bertz CT molecular complexity index is 1570. The van der Waals surface area contributed by atoms with Crippen molar-refractivity contribution in [2.45, 2.75) is 31.0 Å². The molecule has 1 atom stereocenters. The van der Waals surface area contributed by atoms with Gasteiger partial charge in [-0.15, -0.1) is 10.2 Å². The summed E-state index contributed by atoms with van der Waals surface area (Å²) < 4.78 is 12.7. The van der Waals surface area contributed by atoms with E-state index in [0.29, 0.717) is 23.3 Å². The van der Waals surface area contributed by atoms with Crippen LogP contribution in [0.2, 0.25) is 0 Å². The van der Waals surface area contributed by atoms with Gasteiger partial charge in [-0.1, -0.05) is 90.1 Å². The number of benzene rings is 4. The summed E-state index contributed by atoms with van der Waals surface area (Å²) in [4.78, 5) is 4.82. The smallest absolute Gasteiger partial charge is 0.247 e. The molecular weight excluding hydrogens is 480 g/mol. The molecule has 0 saturated carbocycles.